The molecule has 1 amide bonds. The summed E-state index contributed by atoms with van der Waals surface area (Å²) in [6, 6.07) is 5.08. The topological polar surface area (TPSA) is 84.8 Å². The number of rotatable bonds is 7. The van der Waals surface area contributed by atoms with E-state index in [-0.39, 0.29) is 26.1 Å². The Morgan fingerprint density at radius 1 is 1.32 bits per heavy atom. The quantitative estimate of drug-likeness (QED) is 0.826. The molecule has 0 saturated heterocycles. The zero-order valence-corrected chi connectivity index (χ0v) is 14.6. The van der Waals surface area contributed by atoms with Gasteiger partial charge in [0.25, 0.3) is 0 Å². The molecule has 0 bridgehead atoms. The van der Waals surface area contributed by atoms with Gasteiger partial charge in [0.2, 0.25) is 0 Å². The number of fused-ring (bicyclic) bond motifs is 1. The van der Waals surface area contributed by atoms with E-state index in [2.05, 4.69) is 4.98 Å². The molecule has 0 atom stereocenters. The number of ether oxygens (including phenoxy) is 2. The zero-order chi connectivity index (χ0) is 18.4. The van der Waals surface area contributed by atoms with Crippen LogP contribution in [0.5, 0.6) is 5.75 Å². The first-order valence-electron chi connectivity index (χ1n) is 8.08. The van der Waals surface area contributed by atoms with Crippen molar-refractivity contribution in [1.29, 1.82) is 0 Å². The molecule has 1 heterocycles. The van der Waals surface area contributed by atoms with E-state index in [0.29, 0.717) is 16.8 Å². The van der Waals surface area contributed by atoms with E-state index < -0.39 is 24.1 Å². The number of benzene rings is 1. The summed E-state index contributed by atoms with van der Waals surface area (Å²) in [6.45, 7) is 5.39. The van der Waals surface area contributed by atoms with E-state index >= 15 is 0 Å². The van der Waals surface area contributed by atoms with Crippen LogP contribution in [-0.4, -0.2) is 47.9 Å². The lowest BCUT2D eigenvalue weighted by atomic mass is 10.2. The van der Waals surface area contributed by atoms with Gasteiger partial charge in [-0.1, -0.05) is 6.07 Å². The Labute approximate surface area is 144 Å². The van der Waals surface area contributed by atoms with Crippen LogP contribution in [0.15, 0.2) is 27.4 Å². The van der Waals surface area contributed by atoms with Crippen molar-refractivity contribution >= 4 is 17.2 Å². The number of hydrogen-bond donors (Lipinski definition) is 1. The van der Waals surface area contributed by atoms with E-state index in [1.54, 1.807) is 39.0 Å². The summed E-state index contributed by atoms with van der Waals surface area (Å²) in [5.41, 5.74) is 0.218. The van der Waals surface area contributed by atoms with E-state index in [1.165, 1.54) is 4.90 Å². The minimum atomic E-state index is -0.633. The third-order valence-electron chi connectivity index (χ3n) is 3.24. The molecule has 0 saturated carbocycles. The molecule has 0 fully saturated rings. The Kier molecular flexibility index (Phi) is 6.06. The lowest BCUT2D eigenvalue weighted by Gasteiger charge is -2.27. The molecule has 1 aromatic carbocycles. The van der Waals surface area contributed by atoms with Crippen LogP contribution < -0.4 is 10.5 Å². The average Bonchev–Trinajstić information content (AvgIpc) is 2.89. The third-order valence-corrected chi connectivity index (χ3v) is 3.24. The highest BCUT2D eigenvalue weighted by Gasteiger charge is 2.22. The lowest BCUT2D eigenvalue weighted by Crippen LogP contribution is -2.39. The smallest absolute Gasteiger partial charge is 0.417 e. The first kappa shape index (κ1) is 18.8. The molecule has 0 aliphatic heterocycles. The molecule has 0 aliphatic rings. The van der Waals surface area contributed by atoms with Crippen LogP contribution in [0.1, 0.15) is 27.2 Å². The Morgan fingerprint density at radius 2 is 2.08 bits per heavy atom. The first-order valence-corrected chi connectivity index (χ1v) is 8.08. The van der Waals surface area contributed by atoms with Gasteiger partial charge in [-0.3, -0.25) is 9.37 Å². The highest BCUT2D eigenvalue weighted by atomic mass is 19.1. The van der Waals surface area contributed by atoms with Gasteiger partial charge < -0.3 is 18.8 Å². The van der Waals surface area contributed by atoms with Crippen LogP contribution in [-0.2, 0) is 4.74 Å². The molecule has 2 rings (SSSR count). The third kappa shape index (κ3) is 5.51. The maximum absolute atomic E-state index is 12.5. The minimum absolute atomic E-state index is 0.152. The number of nitrogens with zero attached hydrogens (tertiary/aromatic N) is 1. The van der Waals surface area contributed by atoms with Crippen molar-refractivity contribution in [1.82, 2.24) is 9.88 Å². The van der Waals surface area contributed by atoms with Crippen molar-refractivity contribution in [2.75, 3.05) is 26.4 Å². The normalized spacial score (nSPS) is 11.5. The number of nitrogens with one attached hydrogen (secondary N) is 1. The van der Waals surface area contributed by atoms with Crippen LogP contribution in [0.4, 0.5) is 9.18 Å². The number of H-pyrrole nitrogens is 1. The number of hydrogen-bond acceptors (Lipinski definition) is 5. The van der Waals surface area contributed by atoms with Crippen LogP contribution >= 0.6 is 0 Å². The van der Waals surface area contributed by atoms with Crippen molar-refractivity contribution in [3.63, 3.8) is 0 Å². The van der Waals surface area contributed by atoms with Gasteiger partial charge in [-0.15, -0.1) is 0 Å². The van der Waals surface area contributed by atoms with E-state index in [4.69, 9.17) is 13.9 Å². The predicted octanol–water partition coefficient (Wildman–Crippen LogP) is 3.10. The fourth-order valence-electron chi connectivity index (χ4n) is 2.20. The maximum Gasteiger partial charge on any atom is 0.417 e. The monoisotopic (exact) mass is 354 g/mol. The summed E-state index contributed by atoms with van der Waals surface area (Å²) in [6.07, 6.45) is -0.294. The second kappa shape index (κ2) is 8.04. The van der Waals surface area contributed by atoms with Gasteiger partial charge in [0.1, 0.15) is 12.2 Å². The van der Waals surface area contributed by atoms with Crippen molar-refractivity contribution in [2.45, 2.75) is 32.8 Å². The Hall–Kier alpha value is -2.51. The summed E-state index contributed by atoms with van der Waals surface area (Å²) in [5.74, 6) is -0.171. The minimum Gasteiger partial charge on any atom is -0.488 e. The number of carbonyl (C=O) groups is 1. The van der Waals surface area contributed by atoms with Crippen LogP contribution in [0.3, 0.4) is 0 Å². The average molecular weight is 354 g/mol. The highest BCUT2D eigenvalue weighted by Crippen LogP contribution is 2.23. The molecule has 138 valence electrons. The lowest BCUT2D eigenvalue weighted by molar-refractivity contribution is 0.0222. The zero-order valence-electron chi connectivity index (χ0n) is 14.6. The van der Waals surface area contributed by atoms with Crippen molar-refractivity contribution in [3.05, 3.63) is 28.7 Å². The molecule has 2 aromatic rings. The summed E-state index contributed by atoms with van der Waals surface area (Å²) >= 11 is 0. The Morgan fingerprint density at radius 3 is 2.76 bits per heavy atom. The summed E-state index contributed by atoms with van der Waals surface area (Å²) in [7, 11) is 0. The molecular formula is C17H23FN2O5. The molecule has 1 aromatic heterocycles. The molecule has 0 spiro atoms. The number of halogens is 1. The van der Waals surface area contributed by atoms with Crippen molar-refractivity contribution in [2.24, 2.45) is 0 Å². The van der Waals surface area contributed by atoms with Gasteiger partial charge in [-0.25, -0.2) is 9.59 Å². The number of amides is 1. The van der Waals surface area contributed by atoms with Gasteiger partial charge in [0.05, 0.1) is 18.7 Å². The molecule has 0 aliphatic carbocycles. The highest BCUT2D eigenvalue weighted by molar-refractivity contribution is 5.78. The van der Waals surface area contributed by atoms with Crippen LogP contribution in [0, 0.1) is 0 Å². The largest absolute Gasteiger partial charge is 0.488 e. The SMILES string of the molecule is CC(C)(C)OC(=O)N(CCCF)CCOc1cccc2[nH]c(=O)oc12. The Balaban J connectivity index is 1.99. The number of aromatic amines is 1. The summed E-state index contributed by atoms with van der Waals surface area (Å²) in [5, 5.41) is 0. The predicted molar refractivity (Wildman–Crippen MR) is 90.7 cm³/mol. The number of alkyl halides is 1. The summed E-state index contributed by atoms with van der Waals surface area (Å²) in [4.78, 5) is 27.4. The number of oxazole rings is 1. The van der Waals surface area contributed by atoms with Crippen molar-refractivity contribution < 1.29 is 23.1 Å². The molecule has 0 radical (unpaired) electrons. The Bertz CT molecular complexity index is 762. The van der Waals surface area contributed by atoms with Gasteiger partial charge in [0.15, 0.2) is 11.3 Å². The van der Waals surface area contributed by atoms with E-state index in [9.17, 15) is 14.0 Å². The van der Waals surface area contributed by atoms with E-state index in [0.717, 1.165) is 0 Å². The molecular weight excluding hydrogens is 331 g/mol. The first-order chi connectivity index (χ1) is 11.8. The molecule has 1 N–H and O–H groups in total. The van der Waals surface area contributed by atoms with Gasteiger partial charge in [0, 0.05) is 6.54 Å². The van der Waals surface area contributed by atoms with Crippen LogP contribution in [0.25, 0.3) is 11.1 Å². The van der Waals surface area contributed by atoms with E-state index in [1.807, 2.05) is 0 Å². The van der Waals surface area contributed by atoms with Crippen molar-refractivity contribution in [3.8, 4) is 5.75 Å². The second-order valence-corrected chi connectivity index (χ2v) is 6.51. The maximum atomic E-state index is 12.5. The number of aromatic nitrogens is 1. The fraction of sp³-hybridized carbons (Fsp3) is 0.529. The molecule has 8 heteroatoms. The second-order valence-electron chi connectivity index (χ2n) is 6.51. The standard InChI is InChI=1S/C17H23FN2O5/c1-17(2,3)25-16(22)20(9-5-8-18)10-11-23-13-7-4-6-12-14(13)24-15(21)19-12/h4,6-7H,5,8-11H2,1-3H3,(H,19,21). The molecule has 0 unspecified atom stereocenters. The van der Waals surface area contributed by atoms with Gasteiger partial charge >= 0.3 is 11.8 Å². The molecule has 7 nitrogen and oxygen atoms in total. The molecule has 25 heavy (non-hydrogen) atoms. The van der Waals surface area contributed by atoms with Gasteiger partial charge in [-0.2, -0.15) is 0 Å². The fourth-order valence-corrected chi connectivity index (χ4v) is 2.20. The van der Waals surface area contributed by atoms with Crippen LogP contribution in [0.2, 0.25) is 0 Å². The number of para-hydroxylation sites is 1. The summed E-state index contributed by atoms with van der Waals surface area (Å²) < 4.78 is 28.5. The number of carbonyl (C=O) groups excluding carboxylic acids is 1. The van der Waals surface area contributed by atoms with Gasteiger partial charge in [-0.05, 0) is 39.3 Å².